The minimum Gasteiger partial charge on any atom is -0.326 e. The highest BCUT2D eigenvalue weighted by atomic mass is 79.9. The number of likely N-dealkylation sites (tertiary alicyclic amines) is 1. The van der Waals surface area contributed by atoms with Gasteiger partial charge in [0, 0.05) is 16.7 Å². The standard InChI is InChI=1S/C13H16BrClN2O/c1-17-6-2-3-9(8-17)13(18)16-10-4-5-11(14)12(15)7-10/h4-5,7,9H,2-3,6,8H2,1H3,(H,16,18). The Hall–Kier alpha value is -0.580. The number of benzene rings is 1. The number of halogens is 2. The molecule has 1 aliphatic heterocycles. The van der Waals surface area contributed by atoms with Gasteiger partial charge in [-0.2, -0.15) is 0 Å². The summed E-state index contributed by atoms with van der Waals surface area (Å²) in [5.41, 5.74) is 0.751. The summed E-state index contributed by atoms with van der Waals surface area (Å²) in [6.07, 6.45) is 2.04. The van der Waals surface area contributed by atoms with E-state index in [9.17, 15) is 4.79 Å². The van der Waals surface area contributed by atoms with Crippen molar-refractivity contribution in [3.8, 4) is 0 Å². The molecule has 1 aliphatic rings. The van der Waals surface area contributed by atoms with Crippen LogP contribution in [0.4, 0.5) is 5.69 Å². The second-order valence-corrected chi connectivity index (χ2v) is 5.98. The average molecular weight is 332 g/mol. The Labute approximate surface area is 121 Å². The van der Waals surface area contributed by atoms with Crippen LogP contribution >= 0.6 is 27.5 Å². The van der Waals surface area contributed by atoms with Gasteiger partial charge in [-0.1, -0.05) is 11.6 Å². The molecule has 1 N–H and O–H groups in total. The van der Waals surface area contributed by atoms with Crippen LogP contribution in [0.5, 0.6) is 0 Å². The number of carbonyl (C=O) groups is 1. The molecule has 1 heterocycles. The van der Waals surface area contributed by atoms with Crippen LogP contribution in [0.2, 0.25) is 5.02 Å². The molecule has 1 aromatic rings. The van der Waals surface area contributed by atoms with Crippen LogP contribution in [0.25, 0.3) is 0 Å². The highest BCUT2D eigenvalue weighted by molar-refractivity contribution is 9.10. The monoisotopic (exact) mass is 330 g/mol. The fourth-order valence-electron chi connectivity index (χ4n) is 2.20. The molecule has 0 saturated carbocycles. The second-order valence-electron chi connectivity index (χ2n) is 4.72. The van der Waals surface area contributed by atoms with Gasteiger partial charge in [0.05, 0.1) is 10.9 Å². The molecule has 0 aliphatic carbocycles. The molecule has 1 atom stereocenters. The van der Waals surface area contributed by atoms with Crippen molar-refractivity contribution in [2.45, 2.75) is 12.8 Å². The van der Waals surface area contributed by atoms with E-state index in [1.807, 2.05) is 12.1 Å². The van der Waals surface area contributed by atoms with E-state index in [0.717, 1.165) is 36.1 Å². The summed E-state index contributed by atoms with van der Waals surface area (Å²) in [7, 11) is 2.05. The van der Waals surface area contributed by atoms with E-state index >= 15 is 0 Å². The first-order chi connectivity index (χ1) is 8.56. The van der Waals surface area contributed by atoms with E-state index in [-0.39, 0.29) is 11.8 Å². The molecule has 5 heteroatoms. The zero-order chi connectivity index (χ0) is 13.1. The molecule has 1 saturated heterocycles. The smallest absolute Gasteiger partial charge is 0.228 e. The molecule has 0 bridgehead atoms. The van der Waals surface area contributed by atoms with Crippen molar-refractivity contribution in [1.82, 2.24) is 4.90 Å². The Bertz CT molecular complexity index is 453. The molecule has 1 fully saturated rings. The summed E-state index contributed by atoms with van der Waals surface area (Å²) in [4.78, 5) is 14.3. The number of carbonyl (C=O) groups excluding carboxylic acids is 1. The van der Waals surface area contributed by atoms with Crippen LogP contribution in [0.15, 0.2) is 22.7 Å². The predicted molar refractivity (Wildman–Crippen MR) is 78.0 cm³/mol. The summed E-state index contributed by atoms with van der Waals surface area (Å²) in [5.74, 6) is 0.158. The number of anilines is 1. The Morgan fingerprint density at radius 3 is 3.00 bits per heavy atom. The maximum Gasteiger partial charge on any atom is 0.228 e. The van der Waals surface area contributed by atoms with Gasteiger partial charge in [-0.25, -0.2) is 0 Å². The second kappa shape index (κ2) is 6.04. The average Bonchev–Trinajstić information content (AvgIpc) is 2.34. The van der Waals surface area contributed by atoms with Crippen molar-refractivity contribution in [1.29, 1.82) is 0 Å². The summed E-state index contributed by atoms with van der Waals surface area (Å²) >= 11 is 9.33. The summed E-state index contributed by atoms with van der Waals surface area (Å²) < 4.78 is 0.833. The number of nitrogens with zero attached hydrogens (tertiary/aromatic N) is 1. The van der Waals surface area contributed by atoms with Gasteiger partial charge < -0.3 is 10.2 Å². The number of amides is 1. The minimum absolute atomic E-state index is 0.0752. The predicted octanol–water partition coefficient (Wildman–Crippen LogP) is 3.38. The first kappa shape index (κ1) is 13.8. The summed E-state index contributed by atoms with van der Waals surface area (Å²) in [6, 6.07) is 5.45. The zero-order valence-electron chi connectivity index (χ0n) is 10.2. The molecular formula is C13H16BrClN2O. The number of rotatable bonds is 2. The number of piperidine rings is 1. The molecular weight excluding hydrogens is 316 g/mol. The number of hydrogen-bond donors (Lipinski definition) is 1. The minimum atomic E-state index is 0.0752. The van der Waals surface area contributed by atoms with E-state index in [1.165, 1.54) is 0 Å². The van der Waals surface area contributed by atoms with Crippen molar-refractivity contribution in [3.05, 3.63) is 27.7 Å². The maximum atomic E-state index is 12.1. The molecule has 1 aromatic carbocycles. The Morgan fingerprint density at radius 2 is 2.33 bits per heavy atom. The van der Waals surface area contributed by atoms with Crippen molar-refractivity contribution in [2.75, 3.05) is 25.5 Å². The third-order valence-corrected chi connectivity index (χ3v) is 4.41. The van der Waals surface area contributed by atoms with Crippen LogP contribution in [0, 0.1) is 5.92 Å². The molecule has 0 radical (unpaired) electrons. The first-order valence-electron chi connectivity index (χ1n) is 6.00. The lowest BCUT2D eigenvalue weighted by molar-refractivity contribution is -0.121. The van der Waals surface area contributed by atoms with Crippen LogP contribution < -0.4 is 5.32 Å². The van der Waals surface area contributed by atoms with Gasteiger partial charge in [0.2, 0.25) is 5.91 Å². The fourth-order valence-corrected chi connectivity index (χ4v) is 2.63. The Morgan fingerprint density at radius 1 is 1.56 bits per heavy atom. The Kier molecular flexibility index (Phi) is 4.65. The lowest BCUT2D eigenvalue weighted by Crippen LogP contribution is -2.38. The van der Waals surface area contributed by atoms with Crippen LogP contribution in [0.3, 0.4) is 0 Å². The molecule has 1 unspecified atom stereocenters. The highest BCUT2D eigenvalue weighted by Crippen LogP contribution is 2.26. The number of nitrogens with one attached hydrogen (secondary N) is 1. The topological polar surface area (TPSA) is 32.3 Å². The molecule has 98 valence electrons. The van der Waals surface area contributed by atoms with E-state index in [1.54, 1.807) is 6.07 Å². The van der Waals surface area contributed by atoms with Gasteiger partial charge >= 0.3 is 0 Å². The summed E-state index contributed by atoms with van der Waals surface area (Å²) in [6.45, 7) is 1.91. The quantitative estimate of drug-likeness (QED) is 0.901. The lowest BCUT2D eigenvalue weighted by Gasteiger charge is -2.28. The first-order valence-corrected chi connectivity index (χ1v) is 7.18. The van der Waals surface area contributed by atoms with Gasteiger partial charge in [0.25, 0.3) is 0 Å². The molecule has 18 heavy (non-hydrogen) atoms. The Balaban J connectivity index is 2.00. The van der Waals surface area contributed by atoms with Crippen molar-refractivity contribution in [2.24, 2.45) is 5.92 Å². The van der Waals surface area contributed by atoms with Crippen molar-refractivity contribution in [3.63, 3.8) is 0 Å². The highest BCUT2D eigenvalue weighted by Gasteiger charge is 2.23. The van der Waals surface area contributed by atoms with Crippen molar-refractivity contribution >= 4 is 39.1 Å². The van der Waals surface area contributed by atoms with Gasteiger partial charge in [-0.15, -0.1) is 0 Å². The normalized spacial score (nSPS) is 20.7. The van der Waals surface area contributed by atoms with Crippen molar-refractivity contribution < 1.29 is 4.79 Å². The van der Waals surface area contributed by atoms with Gasteiger partial charge in [0.15, 0.2) is 0 Å². The van der Waals surface area contributed by atoms with E-state index in [2.05, 4.69) is 33.2 Å². The van der Waals surface area contributed by atoms with Crippen LogP contribution in [-0.2, 0) is 4.79 Å². The maximum absolute atomic E-state index is 12.1. The van der Waals surface area contributed by atoms with Crippen LogP contribution in [-0.4, -0.2) is 30.9 Å². The van der Waals surface area contributed by atoms with E-state index < -0.39 is 0 Å². The number of hydrogen-bond acceptors (Lipinski definition) is 2. The zero-order valence-corrected chi connectivity index (χ0v) is 12.6. The molecule has 3 nitrogen and oxygen atoms in total. The molecule has 0 aromatic heterocycles. The molecule has 2 rings (SSSR count). The van der Waals surface area contributed by atoms with Crippen LogP contribution in [0.1, 0.15) is 12.8 Å². The van der Waals surface area contributed by atoms with Gasteiger partial charge in [-0.3, -0.25) is 4.79 Å². The van der Waals surface area contributed by atoms with Gasteiger partial charge in [-0.05, 0) is 60.6 Å². The fraction of sp³-hybridized carbons (Fsp3) is 0.462. The molecule has 1 amide bonds. The SMILES string of the molecule is CN1CCCC(C(=O)Nc2ccc(Br)c(Cl)c2)C1. The summed E-state index contributed by atoms with van der Waals surface area (Å²) in [5, 5.41) is 3.53. The third-order valence-electron chi connectivity index (χ3n) is 3.18. The van der Waals surface area contributed by atoms with E-state index in [4.69, 9.17) is 11.6 Å². The third kappa shape index (κ3) is 3.46. The van der Waals surface area contributed by atoms with Gasteiger partial charge in [0.1, 0.15) is 0 Å². The van der Waals surface area contributed by atoms with E-state index in [0.29, 0.717) is 5.02 Å². The largest absolute Gasteiger partial charge is 0.326 e. The lowest BCUT2D eigenvalue weighted by atomic mass is 9.97. The molecule has 0 spiro atoms.